The van der Waals surface area contributed by atoms with Crippen LogP contribution in [-0.4, -0.2) is 34.9 Å². The van der Waals surface area contributed by atoms with Crippen molar-refractivity contribution in [1.29, 1.82) is 0 Å². The molecule has 23 heavy (non-hydrogen) atoms. The third-order valence-electron chi connectivity index (χ3n) is 4.54. The minimum atomic E-state index is 0.461. The molecule has 0 aliphatic carbocycles. The smallest absolute Gasteiger partial charge is 0.171 e. The van der Waals surface area contributed by atoms with Crippen molar-refractivity contribution in [3.63, 3.8) is 0 Å². The van der Waals surface area contributed by atoms with Gasteiger partial charge in [0.15, 0.2) is 6.71 Å². The Hall–Kier alpha value is -2.16. The summed E-state index contributed by atoms with van der Waals surface area (Å²) in [6.45, 7) is 5.06. The molecule has 2 nitrogen and oxygen atoms in total. The predicted molar refractivity (Wildman–Crippen MR) is 107 cm³/mol. The Balaban J connectivity index is 2.59. The summed E-state index contributed by atoms with van der Waals surface area (Å²) in [7, 11) is 8.50. The van der Waals surface area contributed by atoms with Gasteiger partial charge in [0, 0.05) is 50.3 Å². The maximum atomic E-state index is 2.33. The molecular weight excluding hydrogens is 279 g/mol. The number of anilines is 2. The van der Waals surface area contributed by atoms with Gasteiger partial charge in [-0.25, -0.2) is 0 Å². The van der Waals surface area contributed by atoms with Gasteiger partial charge in [-0.05, 0) is 29.0 Å². The van der Waals surface area contributed by atoms with Crippen molar-refractivity contribution < 1.29 is 0 Å². The van der Waals surface area contributed by atoms with E-state index in [4.69, 9.17) is 0 Å². The van der Waals surface area contributed by atoms with Crippen LogP contribution in [0, 0.1) is 0 Å². The Labute approximate surface area is 139 Å². The van der Waals surface area contributed by atoms with Crippen LogP contribution in [0.2, 0.25) is 13.6 Å². The van der Waals surface area contributed by atoms with Gasteiger partial charge in [0.25, 0.3) is 0 Å². The third kappa shape index (κ3) is 2.54. The van der Waals surface area contributed by atoms with Crippen LogP contribution in [0.4, 0.5) is 11.4 Å². The first-order valence-electron chi connectivity index (χ1n) is 8.24. The Morgan fingerprint density at radius 2 is 1.13 bits per heavy atom. The van der Waals surface area contributed by atoms with E-state index < -0.39 is 0 Å². The van der Waals surface area contributed by atoms with Gasteiger partial charge in [-0.2, -0.15) is 0 Å². The number of hydrogen-bond acceptors (Lipinski definition) is 2. The molecule has 0 aromatic heterocycles. The SMILES string of the molecule is CB(C)c1c2c(N(C)C)cccc2cc2cccc(N(C)C)c12. The van der Waals surface area contributed by atoms with Crippen LogP contribution in [0.15, 0.2) is 42.5 Å². The lowest BCUT2D eigenvalue weighted by Crippen LogP contribution is -2.28. The van der Waals surface area contributed by atoms with E-state index in [0.717, 1.165) is 0 Å². The molecule has 0 N–H and O–H groups in total. The summed E-state index contributed by atoms with van der Waals surface area (Å²) in [6.07, 6.45) is 0. The average Bonchev–Trinajstić information content (AvgIpc) is 2.50. The normalized spacial score (nSPS) is 11.0. The zero-order valence-electron chi connectivity index (χ0n) is 15.0. The molecule has 0 aliphatic rings. The predicted octanol–water partition coefficient (Wildman–Crippen LogP) is 4.09. The average molecular weight is 304 g/mol. The van der Waals surface area contributed by atoms with E-state index in [1.807, 2.05) is 0 Å². The number of hydrogen-bond donors (Lipinski definition) is 0. The molecule has 0 heterocycles. The highest BCUT2D eigenvalue weighted by Crippen LogP contribution is 2.33. The fourth-order valence-corrected chi connectivity index (χ4v) is 3.56. The van der Waals surface area contributed by atoms with E-state index in [9.17, 15) is 0 Å². The Bertz CT molecular complexity index is 800. The summed E-state index contributed by atoms with van der Waals surface area (Å²) in [6, 6.07) is 15.5. The lowest BCUT2D eigenvalue weighted by atomic mass is 9.47. The minimum absolute atomic E-state index is 0.461. The van der Waals surface area contributed by atoms with Gasteiger partial charge < -0.3 is 9.80 Å². The molecule has 0 amide bonds. The van der Waals surface area contributed by atoms with E-state index in [-0.39, 0.29) is 0 Å². The fourth-order valence-electron chi connectivity index (χ4n) is 3.56. The monoisotopic (exact) mass is 304 g/mol. The van der Waals surface area contributed by atoms with E-state index in [0.29, 0.717) is 6.71 Å². The molecule has 0 fully saturated rings. The van der Waals surface area contributed by atoms with Gasteiger partial charge >= 0.3 is 0 Å². The second kappa shape index (κ2) is 5.80. The summed E-state index contributed by atoms with van der Waals surface area (Å²) in [5.41, 5.74) is 4.04. The van der Waals surface area contributed by atoms with Crippen molar-refractivity contribution in [2.45, 2.75) is 13.6 Å². The van der Waals surface area contributed by atoms with Crippen LogP contribution in [0.5, 0.6) is 0 Å². The van der Waals surface area contributed by atoms with Crippen molar-refractivity contribution in [3.8, 4) is 0 Å². The highest BCUT2D eigenvalue weighted by molar-refractivity contribution is 6.76. The molecular formula is C20H25BN2. The molecule has 0 saturated heterocycles. The van der Waals surface area contributed by atoms with Gasteiger partial charge in [0.2, 0.25) is 0 Å². The Morgan fingerprint density at radius 1 is 0.696 bits per heavy atom. The van der Waals surface area contributed by atoms with Crippen LogP contribution in [-0.2, 0) is 0 Å². The zero-order chi connectivity index (χ0) is 16.7. The van der Waals surface area contributed by atoms with Crippen molar-refractivity contribution >= 4 is 45.1 Å². The maximum Gasteiger partial charge on any atom is 0.171 e. The molecule has 118 valence electrons. The molecule has 3 aromatic rings. The number of fused-ring (bicyclic) bond motifs is 2. The molecule has 0 atom stereocenters. The van der Waals surface area contributed by atoms with E-state index in [1.54, 1.807) is 0 Å². The van der Waals surface area contributed by atoms with E-state index in [1.165, 1.54) is 38.4 Å². The second-order valence-corrected chi connectivity index (χ2v) is 6.98. The molecule has 0 spiro atoms. The summed E-state index contributed by atoms with van der Waals surface area (Å²) >= 11 is 0. The summed E-state index contributed by atoms with van der Waals surface area (Å²) in [5, 5.41) is 5.41. The molecule has 0 radical (unpaired) electrons. The molecule has 0 saturated carbocycles. The van der Waals surface area contributed by atoms with Crippen LogP contribution >= 0.6 is 0 Å². The number of benzene rings is 3. The topological polar surface area (TPSA) is 6.48 Å². The van der Waals surface area contributed by atoms with Gasteiger partial charge in [-0.15, -0.1) is 0 Å². The third-order valence-corrected chi connectivity index (χ3v) is 4.54. The second-order valence-electron chi connectivity index (χ2n) is 6.98. The van der Waals surface area contributed by atoms with Crippen molar-refractivity contribution in [2.24, 2.45) is 0 Å². The summed E-state index contributed by atoms with van der Waals surface area (Å²) in [5.74, 6) is 0. The Morgan fingerprint density at radius 3 is 1.48 bits per heavy atom. The van der Waals surface area contributed by atoms with Crippen molar-refractivity contribution in [2.75, 3.05) is 38.0 Å². The van der Waals surface area contributed by atoms with Crippen LogP contribution in [0.1, 0.15) is 0 Å². The van der Waals surface area contributed by atoms with Gasteiger partial charge in [-0.1, -0.05) is 43.4 Å². The fraction of sp³-hybridized carbons (Fsp3) is 0.300. The first kappa shape index (κ1) is 15.7. The lowest BCUT2D eigenvalue weighted by molar-refractivity contribution is 1.14. The summed E-state index contributed by atoms with van der Waals surface area (Å²) < 4.78 is 0. The van der Waals surface area contributed by atoms with Crippen molar-refractivity contribution in [1.82, 2.24) is 0 Å². The van der Waals surface area contributed by atoms with E-state index in [2.05, 4.69) is 94.1 Å². The first-order chi connectivity index (χ1) is 10.9. The number of rotatable bonds is 3. The molecule has 0 unspecified atom stereocenters. The highest BCUT2D eigenvalue weighted by atomic mass is 15.1. The maximum absolute atomic E-state index is 2.33. The largest absolute Gasteiger partial charge is 0.377 e. The van der Waals surface area contributed by atoms with Gasteiger partial charge in [-0.3, -0.25) is 0 Å². The molecule has 0 bridgehead atoms. The van der Waals surface area contributed by atoms with Crippen LogP contribution in [0.3, 0.4) is 0 Å². The van der Waals surface area contributed by atoms with Crippen molar-refractivity contribution in [3.05, 3.63) is 42.5 Å². The van der Waals surface area contributed by atoms with Crippen LogP contribution in [0.25, 0.3) is 21.5 Å². The standard InChI is InChI=1S/C20H25BN2/c1-21(2)20-18-14(9-7-11-16(18)22(3)4)13-15-10-8-12-17(19(15)20)23(5)6/h7-13H,1-6H3. The van der Waals surface area contributed by atoms with Crippen LogP contribution < -0.4 is 15.3 Å². The minimum Gasteiger partial charge on any atom is -0.377 e. The van der Waals surface area contributed by atoms with Gasteiger partial charge in [0.05, 0.1) is 0 Å². The molecule has 3 heteroatoms. The number of nitrogens with zero attached hydrogens (tertiary/aromatic N) is 2. The summed E-state index contributed by atoms with van der Waals surface area (Å²) in [4.78, 5) is 4.44. The zero-order valence-corrected chi connectivity index (χ0v) is 15.0. The first-order valence-corrected chi connectivity index (χ1v) is 8.24. The lowest BCUT2D eigenvalue weighted by Gasteiger charge is -2.24. The van der Waals surface area contributed by atoms with E-state index >= 15 is 0 Å². The quantitative estimate of drug-likeness (QED) is 0.531. The molecule has 3 aromatic carbocycles. The molecule has 0 aliphatic heterocycles. The highest BCUT2D eigenvalue weighted by Gasteiger charge is 2.19. The van der Waals surface area contributed by atoms with Gasteiger partial charge in [0.1, 0.15) is 0 Å². The Kier molecular flexibility index (Phi) is 3.97. The molecule has 3 rings (SSSR count).